The van der Waals surface area contributed by atoms with E-state index < -0.39 is 8.03 Å². The van der Waals surface area contributed by atoms with Crippen LogP contribution in [0.5, 0.6) is 0 Å². The number of hydrogen-bond donors (Lipinski definition) is 0. The molecule has 1 atom stereocenters. The third-order valence-electron chi connectivity index (χ3n) is 0.922. The number of hydrogen-bond acceptors (Lipinski definition) is 2. The first-order chi connectivity index (χ1) is 4.66. The standard InChI is InChI=1S/C7H14O2P/c1-4-9-10(8)6-5-7(2)3/h5H,4,6H2,1-3H3/q+1. The van der Waals surface area contributed by atoms with Crippen molar-refractivity contribution in [2.75, 3.05) is 12.8 Å². The summed E-state index contributed by atoms with van der Waals surface area (Å²) in [6, 6.07) is 0. The predicted molar refractivity (Wildman–Crippen MR) is 43.5 cm³/mol. The van der Waals surface area contributed by atoms with Crippen molar-refractivity contribution in [3.8, 4) is 0 Å². The molecule has 0 aromatic heterocycles. The van der Waals surface area contributed by atoms with Crippen LogP contribution in [0.2, 0.25) is 0 Å². The van der Waals surface area contributed by atoms with E-state index in [1.165, 1.54) is 5.57 Å². The summed E-state index contributed by atoms with van der Waals surface area (Å²) < 4.78 is 15.7. The molecule has 0 aromatic rings. The Morgan fingerprint density at radius 3 is 2.60 bits per heavy atom. The highest BCUT2D eigenvalue weighted by Crippen LogP contribution is 2.21. The van der Waals surface area contributed by atoms with E-state index in [9.17, 15) is 4.57 Å². The normalized spacial score (nSPS) is 10.9. The zero-order valence-electron chi connectivity index (χ0n) is 6.76. The highest BCUT2D eigenvalue weighted by molar-refractivity contribution is 7.39. The Balaban J connectivity index is 3.49. The van der Waals surface area contributed by atoms with Crippen molar-refractivity contribution in [2.45, 2.75) is 20.8 Å². The summed E-state index contributed by atoms with van der Waals surface area (Å²) in [5.41, 5.74) is 1.18. The van der Waals surface area contributed by atoms with Crippen LogP contribution in [0.15, 0.2) is 11.6 Å². The van der Waals surface area contributed by atoms with Gasteiger partial charge in [0.15, 0.2) is 6.16 Å². The van der Waals surface area contributed by atoms with Crippen LogP contribution in [0.25, 0.3) is 0 Å². The fourth-order valence-electron chi connectivity index (χ4n) is 0.454. The van der Waals surface area contributed by atoms with Crippen molar-refractivity contribution in [3.63, 3.8) is 0 Å². The van der Waals surface area contributed by atoms with Crippen LogP contribution < -0.4 is 0 Å². The molecule has 58 valence electrons. The summed E-state index contributed by atoms with van der Waals surface area (Å²) in [4.78, 5) is 0. The van der Waals surface area contributed by atoms with Crippen LogP contribution in [-0.4, -0.2) is 12.8 Å². The molecule has 0 radical (unpaired) electrons. The van der Waals surface area contributed by atoms with Gasteiger partial charge in [-0.2, -0.15) is 0 Å². The van der Waals surface area contributed by atoms with Gasteiger partial charge in [-0.3, -0.25) is 0 Å². The largest absolute Gasteiger partial charge is 0.512 e. The van der Waals surface area contributed by atoms with Gasteiger partial charge in [0, 0.05) is 0 Å². The first-order valence-electron chi connectivity index (χ1n) is 3.37. The van der Waals surface area contributed by atoms with E-state index in [4.69, 9.17) is 4.52 Å². The maximum atomic E-state index is 10.8. The van der Waals surface area contributed by atoms with Crippen molar-refractivity contribution < 1.29 is 9.09 Å². The molecule has 0 bridgehead atoms. The average Bonchev–Trinajstić information content (AvgIpc) is 1.85. The molecular weight excluding hydrogens is 147 g/mol. The van der Waals surface area contributed by atoms with Crippen LogP contribution in [0, 0.1) is 0 Å². The second kappa shape index (κ2) is 5.57. The van der Waals surface area contributed by atoms with Gasteiger partial charge in [0.25, 0.3) is 0 Å². The molecule has 0 fully saturated rings. The van der Waals surface area contributed by atoms with Crippen LogP contribution in [-0.2, 0) is 9.09 Å². The van der Waals surface area contributed by atoms with Crippen molar-refractivity contribution in [3.05, 3.63) is 11.6 Å². The molecule has 0 aliphatic carbocycles. The minimum Gasteiger partial charge on any atom is -0.146 e. The van der Waals surface area contributed by atoms with Gasteiger partial charge < -0.3 is 0 Å². The summed E-state index contributed by atoms with van der Waals surface area (Å²) in [5, 5.41) is 0. The van der Waals surface area contributed by atoms with Gasteiger partial charge in [-0.05, 0) is 31.4 Å². The molecular formula is C7H14O2P+. The number of rotatable bonds is 4. The molecule has 0 aliphatic heterocycles. The molecule has 10 heavy (non-hydrogen) atoms. The molecule has 0 heterocycles. The van der Waals surface area contributed by atoms with E-state index in [1.54, 1.807) is 0 Å². The van der Waals surface area contributed by atoms with Crippen LogP contribution >= 0.6 is 8.03 Å². The topological polar surface area (TPSA) is 26.3 Å². The molecule has 2 nitrogen and oxygen atoms in total. The number of allylic oxidation sites excluding steroid dienone is 2. The second-order valence-corrected chi connectivity index (χ2v) is 3.50. The van der Waals surface area contributed by atoms with Gasteiger partial charge in [0.1, 0.15) is 0 Å². The fraction of sp³-hybridized carbons (Fsp3) is 0.714. The quantitative estimate of drug-likeness (QED) is 0.468. The van der Waals surface area contributed by atoms with Crippen molar-refractivity contribution >= 4 is 8.03 Å². The Morgan fingerprint density at radius 2 is 2.20 bits per heavy atom. The van der Waals surface area contributed by atoms with Gasteiger partial charge in [-0.25, -0.2) is 0 Å². The first-order valence-corrected chi connectivity index (χ1v) is 4.74. The van der Waals surface area contributed by atoms with E-state index >= 15 is 0 Å². The highest BCUT2D eigenvalue weighted by atomic mass is 31.1. The minimum absolute atomic E-state index is 0.534. The smallest absolute Gasteiger partial charge is 0.146 e. The Morgan fingerprint density at radius 1 is 1.60 bits per heavy atom. The molecule has 0 spiro atoms. The summed E-state index contributed by atoms with van der Waals surface area (Å²) in [7, 11) is -1.44. The maximum Gasteiger partial charge on any atom is 0.512 e. The van der Waals surface area contributed by atoms with Gasteiger partial charge >= 0.3 is 8.03 Å². The molecule has 0 aromatic carbocycles. The van der Waals surface area contributed by atoms with Crippen molar-refractivity contribution in [1.82, 2.24) is 0 Å². The Bertz CT molecular complexity index is 137. The van der Waals surface area contributed by atoms with Crippen LogP contribution in [0.3, 0.4) is 0 Å². The molecule has 0 saturated carbocycles. The van der Waals surface area contributed by atoms with E-state index in [0.717, 1.165) is 0 Å². The van der Waals surface area contributed by atoms with Gasteiger partial charge in [0.05, 0.1) is 6.61 Å². The Kier molecular flexibility index (Phi) is 5.46. The van der Waals surface area contributed by atoms with Gasteiger partial charge in [-0.1, -0.05) is 5.57 Å². The summed E-state index contributed by atoms with van der Waals surface area (Å²) in [6.45, 7) is 6.34. The molecule has 0 N–H and O–H groups in total. The first kappa shape index (κ1) is 9.80. The average molecular weight is 161 g/mol. The summed E-state index contributed by atoms with van der Waals surface area (Å²) >= 11 is 0. The fourth-order valence-corrected chi connectivity index (χ4v) is 1.36. The summed E-state index contributed by atoms with van der Waals surface area (Å²) in [6.07, 6.45) is 2.47. The SMILES string of the molecule is CCO[P+](=O)CC=C(C)C. The minimum atomic E-state index is -1.44. The lowest BCUT2D eigenvalue weighted by atomic mass is 10.3. The second-order valence-electron chi connectivity index (χ2n) is 2.21. The maximum absolute atomic E-state index is 10.8. The highest BCUT2D eigenvalue weighted by Gasteiger charge is 2.11. The van der Waals surface area contributed by atoms with E-state index in [2.05, 4.69) is 0 Å². The van der Waals surface area contributed by atoms with Gasteiger partial charge in [-0.15, -0.1) is 4.52 Å². The monoisotopic (exact) mass is 161 g/mol. The Hall–Kier alpha value is -0.200. The predicted octanol–water partition coefficient (Wildman–Crippen LogP) is 2.73. The van der Waals surface area contributed by atoms with E-state index in [-0.39, 0.29) is 0 Å². The third kappa shape index (κ3) is 5.93. The summed E-state index contributed by atoms with van der Waals surface area (Å²) in [5.74, 6) is 0. The molecule has 0 amide bonds. The van der Waals surface area contributed by atoms with Crippen molar-refractivity contribution in [1.29, 1.82) is 0 Å². The molecule has 0 saturated heterocycles. The zero-order chi connectivity index (χ0) is 7.98. The lowest BCUT2D eigenvalue weighted by molar-refractivity contribution is 0.352. The van der Waals surface area contributed by atoms with Crippen LogP contribution in [0.1, 0.15) is 20.8 Å². The van der Waals surface area contributed by atoms with Crippen molar-refractivity contribution in [2.24, 2.45) is 0 Å². The molecule has 0 rings (SSSR count). The third-order valence-corrected chi connectivity index (χ3v) is 1.95. The molecule has 3 heteroatoms. The lowest BCUT2D eigenvalue weighted by Crippen LogP contribution is -1.80. The zero-order valence-corrected chi connectivity index (χ0v) is 7.65. The Labute approximate surface area is 63.1 Å². The van der Waals surface area contributed by atoms with Crippen LogP contribution in [0.4, 0.5) is 0 Å². The van der Waals surface area contributed by atoms with Gasteiger partial charge in [0.2, 0.25) is 0 Å². The molecule has 0 aliphatic rings. The van der Waals surface area contributed by atoms with E-state index in [1.807, 2.05) is 26.8 Å². The van der Waals surface area contributed by atoms with E-state index in [0.29, 0.717) is 12.8 Å². The molecule has 1 unspecified atom stereocenters. The lowest BCUT2D eigenvalue weighted by Gasteiger charge is -1.82.